The first-order chi connectivity index (χ1) is 12.4. The largest absolute Gasteiger partial charge is 0.328 e. The van der Waals surface area contributed by atoms with E-state index in [0.29, 0.717) is 0 Å². The van der Waals surface area contributed by atoms with Gasteiger partial charge in [0, 0.05) is 18.0 Å². The lowest BCUT2D eigenvalue weighted by Crippen LogP contribution is -2.61. The number of amides is 1. The molecule has 4 nitrogen and oxygen atoms in total. The maximum atomic E-state index is 13.4. The summed E-state index contributed by atoms with van der Waals surface area (Å²) in [6.45, 7) is 8.04. The summed E-state index contributed by atoms with van der Waals surface area (Å²) in [4.78, 5) is 28.0. The van der Waals surface area contributed by atoms with Crippen molar-refractivity contribution in [3.63, 3.8) is 0 Å². The molecule has 2 fully saturated rings. The Morgan fingerprint density at radius 2 is 1.85 bits per heavy atom. The highest BCUT2D eigenvalue weighted by Crippen LogP contribution is 2.37. The number of ketones is 1. The van der Waals surface area contributed by atoms with Crippen molar-refractivity contribution in [2.24, 2.45) is 11.8 Å². The van der Waals surface area contributed by atoms with Crippen LogP contribution in [0.1, 0.15) is 52.5 Å². The van der Waals surface area contributed by atoms with Gasteiger partial charge in [0.1, 0.15) is 0 Å². The van der Waals surface area contributed by atoms with E-state index in [4.69, 9.17) is 0 Å². The number of nitrogens with one attached hydrogen (secondary N) is 1. The van der Waals surface area contributed by atoms with Crippen LogP contribution in [0.15, 0.2) is 30.3 Å². The summed E-state index contributed by atoms with van der Waals surface area (Å²) in [5, 5.41) is 3.50. The Morgan fingerprint density at radius 1 is 1.15 bits per heavy atom. The third kappa shape index (κ3) is 3.85. The highest BCUT2D eigenvalue weighted by Gasteiger charge is 2.49. The minimum absolute atomic E-state index is 0.0231. The molecule has 26 heavy (non-hydrogen) atoms. The summed E-state index contributed by atoms with van der Waals surface area (Å²) in [5.74, 6) is 0.601. The first-order valence-electron chi connectivity index (χ1n) is 10.0. The van der Waals surface area contributed by atoms with Gasteiger partial charge >= 0.3 is 0 Å². The fourth-order valence-corrected chi connectivity index (χ4v) is 4.64. The maximum Gasteiger partial charge on any atom is 0.240 e. The standard InChI is InChI=1S/C22H32N2O2/c1-14(2)21(25)19-11-10-18-13-17(12-16-8-6-5-7-9-16)20(23-15(3)4)22(26)24(18)19/h5-9,14-15,17-20,23H,10-13H2,1-4H3/t17-,18?,19?,20+/m1/s1. The van der Waals surface area contributed by atoms with Crippen LogP contribution in [0.25, 0.3) is 0 Å². The Morgan fingerprint density at radius 3 is 2.46 bits per heavy atom. The molecule has 0 saturated carbocycles. The second kappa shape index (κ2) is 7.91. The third-order valence-electron chi connectivity index (χ3n) is 5.82. The van der Waals surface area contributed by atoms with Gasteiger partial charge in [-0.1, -0.05) is 58.0 Å². The van der Waals surface area contributed by atoms with E-state index in [0.717, 1.165) is 25.7 Å². The van der Waals surface area contributed by atoms with Crippen molar-refractivity contribution in [3.05, 3.63) is 35.9 Å². The van der Waals surface area contributed by atoms with Gasteiger partial charge in [-0.25, -0.2) is 0 Å². The van der Waals surface area contributed by atoms with Gasteiger partial charge in [0.15, 0.2) is 5.78 Å². The summed E-state index contributed by atoms with van der Waals surface area (Å²) in [7, 11) is 0. The minimum Gasteiger partial charge on any atom is -0.328 e. The lowest BCUT2D eigenvalue weighted by Gasteiger charge is -2.43. The Bertz CT molecular complexity index is 641. The van der Waals surface area contributed by atoms with Crippen molar-refractivity contribution in [3.8, 4) is 0 Å². The smallest absolute Gasteiger partial charge is 0.240 e. The van der Waals surface area contributed by atoms with Gasteiger partial charge in [-0.2, -0.15) is 0 Å². The molecule has 0 bridgehead atoms. The molecule has 2 unspecified atom stereocenters. The molecule has 1 aromatic rings. The predicted octanol–water partition coefficient (Wildman–Crippen LogP) is 3.20. The molecule has 2 heterocycles. The number of carbonyl (C=O) groups is 2. The van der Waals surface area contributed by atoms with Gasteiger partial charge in [-0.05, 0) is 37.2 Å². The van der Waals surface area contributed by atoms with E-state index < -0.39 is 0 Å². The lowest BCUT2D eigenvalue weighted by atomic mass is 9.81. The molecule has 4 heteroatoms. The van der Waals surface area contributed by atoms with Crippen molar-refractivity contribution >= 4 is 11.7 Å². The fraction of sp³-hybridized carbons (Fsp3) is 0.636. The number of piperidine rings is 1. The van der Waals surface area contributed by atoms with E-state index in [1.807, 2.05) is 24.8 Å². The molecular weight excluding hydrogens is 324 g/mol. The van der Waals surface area contributed by atoms with Crippen LogP contribution in [0, 0.1) is 11.8 Å². The molecular formula is C22H32N2O2. The number of rotatable bonds is 6. The summed E-state index contributed by atoms with van der Waals surface area (Å²) in [6.07, 6.45) is 3.66. The van der Waals surface area contributed by atoms with Crippen LogP contribution >= 0.6 is 0 Å². The zero-order valence-corrected chi connectivity index (χ0v) is 16.4. The Labute approximate surface area is 157 Å². The average Bonchev–Trinajstić information content (AvgIpc) is 3.02. The van der Waals surface area contributed by atoms with E-state index >= 15 is 0 Å². The molecule has 0 aromatic heterocycles. The Hall–Kier alpha value is -1.68. The van der Waals surface area contributed by atoms with Crippen molar-refractivity contribution in [2.45, 2.75) is 77.5 Å². The number of nitrogens with zero attached hydrogens (tertiary/aromatic N) is 1. The zero-order valence-electron chi connectivity index (χ0n) is 16.4. The van der Waals surface area contributed by atoms with Gasteiger partial charge < -0.3 is 10.2 Å². The van der Waals surface area contributed by atoms with E-state index in [9.17, 15) is 9.59 Å². The maximum absolute atomic E-state index is 13.4. The van der Waals surface area contributed by atoms with E-state index in [1.54, 1.807) is 0 Å². The quantitative estimate of drug-likeness (QED) is 0.851. The molecule has 1 amide bonds. The van der Waals surface area contributed by atoms with Crippen molar-refractivity contribution in [2.75, 3.05) is 0 Å². The topological polar surface area (TPSA) is 49.4 Å². The SMILES string of the molecule is CC(C)N[C@@H]1C(=O)N2C(CCC2C(=O)C(C)C)C[C@H]1Cc1ccccc1. The van der Waals surface area contributed by atoms with Crippen LogP contribution < -0.4 is 5.32 Å². The zero-order chi connectivity index (χ0) is 18.8. The number of carbonyl (C=O) groups excluding carboxylic acids is 2. The van der Waals surface area contributed by atoms with Gasteiger partial charge in [0.2, 0.25) is 5.91 Å². The number of fused-ring (bicyclic) bond motifs is 1. The second-order valence-electron chi connectivity index (χ2n) is 8.53. The Balaban J connectivity index is 1.83. The van der Waals surface area contributed by atoms with Crippen LogP contribution in [-0.4, -0.2) is 40.8 Å². The average molecular weight is 357 g/mol. The number of hydrogen-bond donors (Lipinski definition) is 1. The van der Waals surface area contributed by atoms with Crippen LogP contribution in [-0.2, 0) is 16.0 Å². The molecule has 0 aliphatic carbocycles. The van der Waals surface area contributed by atoms with Gasteiger partial charge in [0.25, 0.3) is 0 Å². The molecule has 4 atom stereocenters. The first kappa shape index (κ1) is 19.1. The summed E-state index contributed by atoms with van der Waals surface area (Å²) < 4.78 is 0. The molecule has 3 rings (SSSR count). The summed E-state index contributed by atoms with van der Waals surface area (Å²) in [6, 6.07) is 10.5. The van der Waals surface area contributed by atoms with Crippen LogP contribution in [0.4, 0.5) is 0 Å². The van der Waals surface area contributed by atoms with Crippen LogP contribution in [0.3, 0.4) is 0 Å². The van der Waals surface area contributed by atoms with Crippen molar-refractivity contribution < 1.29 is 9.59 Å². The molecule has 0 spiro atoms. The minimum atomic E-state index is -0.221. The first-order valence-corrected chi connectivity index (χ1v) is 10.0. The normalized spacial score (nSPS) is 28.7. The summed E-state index contributed by atoms with van der Waals surface area (Å²) in [5.41, 5.74) is 1.28. The predicted molar refractivity (Wildman–Crippen MR) is 104 cm³/mol. The van der Waals surface area contributed by atoms with Gasteiger partial charge in [0.05, 0.1) is 12.1 Å². The van der Waals surface area contributed by atoms with Gasteiger partial charge in [-0.3, -0.25) is 9.59 Å². The molecule has 2 saturated heterocycles. The second-order valence-corrected chi connectivity index (χ2v) is 8.53. The third-order valence-corrected chi connectivity index (χ3v) is 5.82. The molecule has 1 aromatic carbocycles. The van der Waals surface area contributed by atoms with Crippen molar-refractivity contribution in [1.82, 2.24) is 10.2 Å². The fourth-order valence-electron chi connectivity index (χ4n) is 4.64. The number of hydrogen-bond acceptors (Lipinski definition) is 3. The van der Waals surface area contributed by atoms with E-state index in [-0.39, 0.29) is 47.7 Å². The molecule has 1 N–H and O–H groups in total. The van der Waals surface area contributed by atoms with E-state index in [1.165, 1.54) is 5.56 Å². The molecule has 0 radical (unpaired) electrons. The Kier molecular flexibility index (Phi) is 5.81. The lowest BCUT2D eigenvalue weighted by molar-refractivity contribution is -0.147. The van der Waals surface area contributed by atoms with Crippen LogP contribution in [0.5, 0.6) is 0 Å². The molecule has 2 aliphatic heterocycles. The molecule has 2 aliphatic rings. The summed E-state index contributed by atoms with van der Waals surface area (Å²) >= 11 is 0. The van der Waals surface area contributed by atoms with Crippen LogP contribution in [0.2, 0.25) is 0 Å². The number of benzene rings is 1. The monoisotopic (exact) mass is 356 g/mol. The highest BCUT2D eigenvalue weighted by molar-refractivity contribution is 5.93. The van der Waals surface area contributed by atoms with Gasteiger partial charge in [-0.15, -0.1) is 0 Å². The number of Topliss-reactive ketones (excluding diaryl/α,β-unsaturated/α-hetero) is 1. The highest BCUT2D eigenvalue weighted by atomic mass is 16.2. The van der Waals surface area contributed by atoms with Crippen molar-refractivity contribution in [1.29, 1.82) is 0 Å². The molecule has 142 valence electrons. The van der Waals surface area contributed by atoms with E-state index in [2.05, 4.69) is 43.4 Å².